The number of nitrogens with zero attached hydrogens (tertiary/aromatic N) is 1. The number of aliphatic hydroxyl groups is 1. The standard InChI is InChI=1S/C13H19ClN2O/c1-10-6-7-16(8-11(9-17)15-10)13-5-3-2-4-12(13)14/h2-5,10-11,15,17H,6-9H2,1H3. The molecule has 2 unspecified atom stereocenters. The van der Waals surface area contributed by atoms with Crippen LogP contribution in [0.4, 0.5) is 5.69 Å². The van der Waals surface area contributed by atoms with E-state index in [1.54, 1.807) is 0 Å². The first kappa shape index (κ1) is 12.7. The largest absolute Gasteiger partial charge is 0.395 e. The molecule has 1 heterocycles. The first-order chi connectivity index (χ1) is 8.20. The van der Waals surface area contributed by atoms with E-state index in [0.717, 1.165) is 30.2 Å². The molecule has 1 aromatic rings. The van der Waals surface area contributed by atoms with E-state index in [1.165, 1.54) is 0 Å². The Kier molecular flexibility index (Phi) is 4.26. The summed E-state index contributed by atoms with van der Waals surface area (Å²) in [5.74, 6) is 0. The molecule has 1 aromatic carbocycles. The normalized spacial score (nSPS) is 25.7. The molecule has 0 radical (unpaired) electrons. The number of hydrogen-bond donors (Lipinski definition) is 2. The maximum absolute atomic E-state index is 9.35. The summed E-state index contributed by atoms with van der Waals surface area (Å²) in [6.07, 6.45) is 1.06. The van der Waals surface area contributed by atoms with Gasteiger partial charge in [-0.2, -0.15) is 0 Å². The molecule has 0 aromatic heterocycles. The predicted molar refractivity (Wildman–Crippen MR) is 71.8 cm³/mol. The van der Waals surface area contributed by atoms with Crippen molar-refractivity contribution < 1.29 is 5.11 Å². The Labute approximate surface area is 107 Å². The van der Waals surface area contributed by atoms with Gasteiger partial charge in [-0.05, 0) is 25.5 Å². The lowest BCUT2D eigenvalue weighted by Crippen LogP contribution is -2.42. The third-order valence-electron chi connectivity index (χ3n) is 3.21. The molecular formula is C13H19ClN2O. The third kappa shape index (κ3) is 3.12. The monoisotopic (exact) mass is 254 g/mol. The average molecular weight is 255 g/mol. The number of hydrogen-bond acceptors (Lipinski definition) is 3. The molecule has 94 valence electrons. The Bertz CT molecular complexity index is 372. The highest BCUT2D eigenvalue weighted by atomic mass is 35.5. The van der Waals surface area contributed by atoms with E-state index >= 15 is 0 Å². The van der Waals surface area contributed by atoms with E-state index in [-0.39, 0.29) is 12.6 Å². The van der Waals surface area contributed by atoms with E-state index < -0.39 is 0 Å². The smallest absolute Gasteiger partial charge is 0.0639 e. The van der Waals surface area contributed by atoms with Crippen molar-refractivity contribution in [2.24, 2.45) is 0 Å². The van der Waals surface area contributed by atoms with Crippen LogP contribution in [0.1, 0.15) is 13.3 Å². The maximum atomic E-state index is 9.35. The van der Waals surface area contributed by atoms with Crippen LogP contribution < -0.4 is 10.2 Å². The fourth-order valence-electron chi connectivity index (χ4n) is 2.28. The first-order valence-electron chi connectivity index (χ1n) is 6.07. The van der Waals surface area contributed by atoms with Crippen molar-refractivity contribution in [3.05, 3.63) is 29.3 Å². The van der Waals surface area contributed by atoms with Crippen molar-refractivity contribution in [1.29, 1.82) is 0 Å². The molecule has 0 spiro atoms. The molecule has 0 amide bonds. The van der Waals surface area contributed by atoms with Crippen LogP contribution in [0.25, 0.3) is 0 Å². The number of benzene rings is 1. The molecule has 4 heteroatoms. The Hall–Kier alpha value is -0.770. The molecule has 2 N–H and O–H groups in total. The molecule has 2 atom stereocenters. The summed E-state index contributed by atoms with van der Waals surface area (Å²) in [6, 6.07) is 8.42. The van der Waals surface area contributed by atoms with Crippen molar-refractivity contribution in [3.63, 3.8) is 0 Å². The number of nitrogens with one attached hydrogen (secondary N) is 1. The third-order valence-corrected chi connectivity index (χ3v) is 3.53. The van der Waals surface area contributed by atoms with Crippen LogP contribution in [-0.4, -0.2) is 36.9 Å². The van der Waals surface area contributed by atoms with Crippen molar-refractivity contribution in [3.8, 4) is 0 Å². The van der Waals surface area contributed by atoms with Gasteiger partial charge in [0.25, 0.3) is 0 Å². The summed E-state index contributed by atoms with van der Waals surface area (Å²) >= 11 is 6.21. The van der Waals surface area contributed by atoms with Gasteiger partial charge in [0.2, 0.25) is 0 Å². The molecule has 0 aliphatic carbocycles. The molecule has 0 bridgehead atoms. The molecule has 1 aliphatic rings. The number of para-hydroxylation sites is 1. The second-order valence-corrected chi connectivity index (χ2v) is 5.04. The molecule has 2 rings (SSSR count). The highest BCUT2D eigenvalue weighted by Crippen LogP contribution is 2.26. The number of halogens is 1. The van der Waals surface area contributed by atoms with Gasteiger partial charge in [0, 0.05) is 25.2 Å². The minimum absolute atomic E-state index is 0.115. The quantitative estimate of drug-likeness (QED) is 0.846. The molecule has 3 nitrogen and oxygen atoms in total. The van der Waals surface area contributed by atoms with Crippen molar-refractivity contribution >= 4 is 17.3 Å². The fraction of sp³-hybridized carbons (Fsp3) is 0.538. The minimum atomic E-state index is 0.115. The van der Waals surface area contributed by atoms with Crippen LogP contribution in [0.2, 0.25) is 5.02 Å². The van der Waals surface area contributed by atoms with Gasteiger partial charge < -0.3 is 15.3 Å². The van der Waals surface area contributed by atoms with E-state index in [9.17, 15) is 5.11 Å². The van der Waals surface area contributed by atoms with E-state index in [1.807, 2.05) is 24.3 Å². The SMILES string of the molecule is CC1CCN(c2ccccc2Cl)CC(CO)N1. The average Bonchev–Trinajstić information content (AvgIpc) is 2.52. The minimum Gasteiger partial charge on any atom is -0.395 e. The maximum Gasteiger partial charge on any atom is 0.0639 e. The van der Waals surface area contributed by atoms with Gasteiger partial charge in [0.15, 0.2) is 0 Å². The summed E-state index contributed by atoms with van der Waals surface area (Å²) in [7, 11) is 0. The predicted octanol–water partition coefficient (Wildman–Crippen LogP) is 1.89. The molecule has 0 saturated carbocycles. The zero-order valence-electron chi connectivity index (χ0n) is 10.1. The summed E-state index contributed by atoms with van der Waals surface area (Å²) in [5.41, 5.74) is 1.06. The topological polar surface area (TPSA) is 35.5 Å². The number of anilines is 1. The van der Waals surface area contributed by atoms with E-state index in [4.69, 9.17) is 11.6 Å². The van der Waals surface area contributed by atoms with Crippen LogP contribution in [0.3, 0.4) is 0 Å². The zero-order chi connectivity index (χ0) is 12.3. The van der Waals surface area contributed by atoms with E-state index in [0.29, 0.717) is 6.04 Å². The van der Waals surface area contributed by atoms with Crippen LogP contribution in [0.15, 0.2) is 24.3 Å². The molecular weight excluding hydrogens is 236 g/mol. The van der Waals surface area contributed by atoms with Crippen LogP contribution in [-0.2, 0) is 0 Å². The first-order valence-corrected chi connectivity index (χ1v) is 6.45. The summed E-state index contributed by atoms with van der Waals surface area (Å²) in [4.78, 5) is 2.25. The molecule has 1 fully saturated rings. The van der Waals surface area contributed by atoms with Gasteiger partial charge in [-0.25, -0.2) is 0 Å². The van der Waals surface area contributed by atoms with Gasteiger partial charge in [-0.1, -0.05) is 23.7 Å². The Morgan fingerprint density at radius 1 is 1.47 bits per heavy atom. The van der Waals surface area contributed by atoms with Gasteiger partial charge in [0.05, 0.1) is 17.3 Å². The van der Waals surface area contributed by atoms with Gasteiger partial charge in [-0.3, -0.25) is 0 Å². The van der Waals surface area contributed by atoms with E-state index in [2.05, 4.69) is 17.1 Å². The Morgan fingerprint density at radius 2 is 2.24 bits per heavy atom. The summed E-state index contributed by atoms with van der Waals surface area (Å²) < 4.78 is 0. The highest BCUT2D eigenvalue weighted by Gasteiger charge is 2.21. The van der Waals surface area contributed by atoms with Crippen molar-refractivity contribution in [1.82, 2.24) is 5.32 Å². The van der Waals surface area contributed by atoms with Crippen molar-refractivity contribution in [2.45, 2.75) is 25.4 Å². The lowest BCUT2D eigenvalue weighted by molar-refractivity contribution is 0.240. The number of rotatable bonds is 2. The van der Waals surface area contributed by atoms with Gasteiger partial charge in [-0.15, -0.1) is 0 Å². The molecule has 1 aliphatic heterocycles. The van der Waals surface area contributed by atoms with Crippen LogP contribution in [0.5, 0.6) is 0 Å². The second-order valence-electron chi connectivity index (χ2n) is 4.63. The van der Waals surface area contributed by atoms with Crippen LogP contribution >= 0.6 is 11.6 Å². The summed E-state index contributed by atoms with van der Waals surface area (Å²) in [5, 5.41) is 13.5. The van der Waals surface area contributed by atoms with Crippen molar-refractivity contribution in [2.75, 3.05) is 24.6 Å². The summed E-state index contributed by atoms with van der Waals surface area (Å²) in [6.45, 7) is 4.07. The lowest BCUT2D eigenvalue weighted by atomic mass is 10.2. The lowest BCUT2D eigenvalue weighted by Gasteiger charge is -2.26. The van der Waals surface area contributed by atoms with Gasteiger partial charge >= 0.3 is 0 Å². The number of aliphatic hydroxyl groups excluding tert-OH is 1. The van der Waals surface area contributed by atoms with Gasteiger partial charge in [0.1, 0.15) is 0 Å². The molecule has 1 saturated heterocycles. The Morgan fingerprint density at radius 3 is 2.94 bits per heavy atom. The highest BCUT2D eigenvalue weighted by molar-refractivity contribution is 6.33. The molecule has 17 heavy (non-hydrogen) atoms. The second kappa shape index (κ2) is 5.71. The Balaban J connectivity index is 2.17. The fourth-order valence-corrected chi connectivity index (χ4v) is 2.54. The zero-order valence-corrected chi connectivity index (χ0v) is 10.8. The van der Waals surface area contributed by atoms with Crippen LogP contribution in [0, 0.1) is 0 Å².